The Morgan fingerprint density at radius 2 is 1.79 bits per heavy atom. The average molecular weight is 442 g/mol. The fraction of sp³-hybridized carbons (Fsp3) is 0.692. The van der Waals surface area contributed by atoms with E-state index in [1.807, 2.05) is 0 Å². The lowest BCUT2D eigenvalue weighted by atomic mass is 9.56. The summed E-state index contributed by atoms with van der Waals surface area (Å²) in [5.41, 5.74) is 3.30. The molecule has 152 valence electrons. The second kappa shape index (κ2) is 6.98. The van der Waals surface area contributed by atoms with Crippen molar-refractivity contribution in [1.29, 1.82) is 0 Å². The standard InChI is InChI=1S/C26H36BrN/c1-15-13-20-16(2)18-10-12-24(27)28-23(18)14-21(20)25(15)26(3,4)22-11-9-17-7-5-6-8-19(17)22/h5-9,11,15-16,18,20-25,28H,10,12-14H2,1-4H3. The molecule has 1 saturated heterocycles. The van der Waals surface area contributed by atoms with E-state index in [2.05, 4.69) is 85.4 Å². The number of allylic oxidation sites excluding steroid dienone is 1. The van der Waals surface area contributed by atoms with Gasteiger partial charge >= 0.3 is 0 Å². The van der Waals surface area contributed by atoms with Crippen molar-refractivity contribution >= 4 is 22.0 Å². The molecule has 9 unspecified atom stereocenters. The van der Waals surface area contributed by atoms with E-state index in [9.17, 15) is 0 Å². The molecule has 28 heavy (non-hydrogen) atoms. The molecule has 3 fully saturated rings. The maximum Gasteiger partial charge on any atom is 0.0632 e. The Kier molecular flexibility index (Phi) is 4.83. The summed E-state index contributed by atoms with van der Waals surface area (Å²) in [6.07, 6.45) is 10.4. The number of alkyl halides is 1. The molecule has 0 radical (unpaired) electrons. The molecule has 1 aliphatic heterocycles. The van der Waals surface area contributed by atoms with Crippen LogP contribution in [0, 0.1) is 40.9 Å². The maximum absolute atomic E-state index is 3.94. The van der Waals surface area contributed by atoms with E-state index in [1.165, 1.54) is 31.2 Å². The summed E-state index contributed by atoms with van der Waals surface area (Å²) < 4.78 is 0. The summed E-state index contributed by atoms with van der Waals surface area (Å²) in [5.74, 6) is 5.74. The maximum atomic E-state index is 3.94. The highest BCUT2D eigenvalue weighted by atomic mass is 79.9. The first kappa shape index (κ1) is 19.4. The molecule has 1 aromatic rings. The van der Waals surface area contributed by atoms with Crippen LogP contribution in [-0.4, -0.2) is 11.0 Å². The number of halogens is 1. The van der Waals surface area contributed by atoms with Crippen molar-refractivity contribution in [3.05, 3.63) is 41.5 Å². The van der Waals surface area contributed by atoms with Crippen LogP contribution in [0.4, 0.5) is 0 Å². The molecule has 0 aromatic heterocycles. The highest BCUT2D eigenvalue weighted by molar-refractivity contribution is 9.09. The Labute approximate surface area is 179 Å². The number of hydrogen-bond donors (Lipinski definition) is 1. The molecule has 1 heterocycles. The zero-order chi connectivity index (χ0) is 19.6. The summed E-state index contributed by atoms with van der Waals surface area (Å²) in [6, 6.07) is 9.78. The van der Waals surface area contributed by atoms with Crippen molar-refractivity contribution in [2.45, 2.75) is 70.3 Å². The lowest BCUT2D eigenvalue weighted by Crippen LogP contribution is -2.54. The van der Waals surface area contributed by atoms with Crippen LogP contribution in [-0.2, 0) is 0 Å². The van der Waals surface area contributed by atoms with E-state index in [0.717, 1.165) is 35.5 Å². The number of rotatable bonds is 2. The zero-order valence-electron chi connectivity index (χ0n) is 17.9. The summed E-state index contributed by atoms with van der Waals surface area (Å²) in [5, 5.41) is 3.94. The van der Waals surface area contributed by atoms with Gasteiger partial charge in [0.15, 0.2) is 0 Å². The predicted molar refractivity (Wildman–Crippen MR) is 122 cm³/mol. The molecule has 9 atom stereocenters. The average Bonchev–Trinajstić information content (AvgIpc) is 3.23. The topological polar surface area (TPSA) is 12.0 Å². The normalized spacial score (nSPS) is 44.8. The minimum Gasteiger partial charge on any atom is -0.302 e. The first-order chi connectivity index (χ1) is 13.4. The van der Waals surface area contributed by atoms with Crippen molar-refractivity contribution in [3.8, 4) is 0 Å². The molecule has 5 rings (SSSR count). The van der Waals surface area contributed by atoms with Gasteiger partial charge < -0.3 is 5.32 Å². The second-order valence-corrected chi connectivity index (χ2v) is 12.0. The first-order valence-corrected chi connectivity index (χ1v) is 12.5. The van der Waals surface area contributed by atoms with Crippen LogP contribution in [0.5, 0.6) is 0 Å². The number of benzene rings is 1. The fourth-order valence-corrected chi connectivity index (χ4v) is 8.82. The third-order valence-corrected chi connectivity index (χ3v) is 9.99. The molecule has 4 aliphatic rings. The van der Waals surface area contributed by atoms with E-state index in [4.69, 9.17) is 0 Å². The van der Waals surface area contributed by atoms with Gasteiger partial charge in [-0.2, -0.15) is 0 Å². The Morgan fingerprint density at radius 1 is 1.00 bits per heavy atom. The van der Waals surface area contributed by atoms with Crippen LogP contribution in [0.1, 0.15) is 70.4 Å². The fourth-order valence-electron chi connectivity index (χ4n) is 8.22. The Balaban J connectivity index is 1.46. The van der Waals surface area contributed by atoms with E-state index >= 15 is 0 Å². The van der Waals surface area contributed by atoms with Crippen molar-refractivity contribution in [1.82, 2.24) is 5.32 Å². The molecule has 1 aromatic carbocycles. The second-order valence-electron chi connectivity index (χ2n) is 10.9. The third-order valence-electron chi connectivity index (χ3n) is 9.27. The van der Waals surface area contributed by atoms with Gasteiger partial charge in [0.05, 0.1) is 4.95 Å². The molecule has 1 nitrogen and oxygen atoms in total. The van der Waals surface area contributed by atoms with Crippen LogP contribution in [0.25, 0.3) is 6.08 Å². The van der Waals surface area contributed by atoms with Gasteiger partial charge in [-0.3, -0.25) is 0 Å². The van der Waals surface area contributed by atoms with Crippen LogP contribution in [0.3, 0.4) is 0 Å². The Morgan fingerprint density at radius 3 is 2.61 bits per heavy atom. The molecule has 0 bridgehead atoms. The monoisotopic (exact) mass is 441 g/mol. The summed E-state index contributed by atoms with van der Waals surface area (Å²) in [7, 11) is 0. The summed E-state index contributed by atoms with van der Waals surface area (Å²) in [4.78, 5) is 0.521. The zero-order valence-corrected chi connectivity index (χ0v) is 19.5. The van der Waals surface area contributed by atoms with Crippen molar-refractivity contribution < 1.29 is 0 Å². The number of fused-ring (bicyclic) bond motifs is 3. The van der Waals surface area contributed by atoms with Crippen molar-refractivity contribution in [2.24, 2.45) is 40.9 Å². The van der Waals surface area contributed by atoms with Crippen LogP contribution in [0.15, 0.2) is 30.3 Å². The van der Waals surface area contributed by atoms with Gasteiger partial charge in [0.1, 0.15) is 0 Å². The molecule has 2 saturated carbocycles. The van der Waals surface area contributed by atoms with Crippen molar-refractivity contribution in [2.75, 3.05) is 0 Å². The lowest BCUT2D eigenvalue weighted by Gasteiger charge is -2.51. The van der Waals surface area contributed by atoms with E-state index in [0.29, 0.717) is 22.3 Å². The van der Waals surface area contributed by atoms with Gasteiger partial charge in [-0.15, -0.1) is 0 Å². The molecule has 3 aliphatic carbocycles. The Hall–Kier alpha value is -0.600. The minimum atomic E-state index is 0.303. The molecule has 1 N–H and O–H groups in total. The largest absolute Gasteiger partial charge is 0.302 e. The number of piperidine rings is 1. The molecular formula is C26H36BrN. The van der Waals surface area contributed by atoms with Crippen LogP contribution in [0.2, 0.25) is 0 Å². The molecule has 2 heteroatoms. The molecule has 0 spiro atoms. The SMILES string of the molecule is CC1CC2C(C)C3CCC(Br)NC3CC2C1C(C)(C)C1C=Cc2ccccc21. The molecule has 0 amide bonds. The lowest BCUT2D eigenvalue weighted by molar-refractivity contribution is 0.0130. The van der Waals surface area contributed by atoms with Gasteiger partial charge in [-0.1, -0.05) is 80.0 Å². The Bertz CT molecular complexity index is 765. The highest BCUT2D eigenvalue weighted by Crippen LogP contribution is 2.62. The predicted octanol–water partition coefficient (Wildman–Crippen LogP) is 6.84. The number of hydrogen-bond acceptors (Lipinski definition) is 1. The minimum absolute atomic E-state index is 0.303. The van der Waals surface area contributed by atoms with Crippen LogP contribution < -0.4 is 5.32 Å². The van der Waals surface area contributed by atoms with Crippen molar-refractivity contribution in [3.63, 3.8) is 0 Å². The summed E-state index contributed by atoms with van der Waals surface area (Å²) >= 11 is 3.86. The van der Waals surface area contributed by atoms with E-state index in [1.54, 1.807) is 5.56 Å². The van der Waals surface area contributed by atoms with E-state index < -0.39 is 0 Å². The van der Waals surface area contributed by atoms with Gasteiger partial charge in [0.2, 0.25) is 0 Å². The van der Waals surface area contributed by atoms with Crippen LogP contribution >= 0.6 is 15.9 Å². The van der Waals surface area contributed by atoms with Gasteiger partial charge in [-0.25, -0.2) is 0 Å². The van der Waals surface area contributed by atoms with Gasteiger partial charge in [-0.05, 0) is 77.7 Å². The smallest absolute Gasteiger partial charge is 0.0632 e. The van der Waals surface area contributed by atoms with Gasteiger partial charge in [0.25, 0.3) is 0 Å². The summed E-state index contributed by atoms with van der Waals surface area (Å²) in [6.45, 7) is 10.3. The third kappa shape index (κ3) is 2.88. The van der Waals surface area contributed by atoms with E-state index in [-0.39, 0.29) is 0 Å². The highest BCUT2D eigenvalue weighted by Gasteiger charge is 2.56. The quantitative estimate of drug-likeness (QED) is 0.391. The van der Waals surface area contributed by atoms with Gasteiger partial charge in [0, 0.05) is 12.0 Å². The molecular weight excluding hydrogens is 406 g/mol. The first-order valence-electron chi connectivity index (χ1n) is 11.5. The number of nitrogens with one attached hydrogen (secondary N) is 1.